The van der Waals surface area contributed by atoms with Crippen LogP contribution in [0.2, 0.25) is 12.1 Å². The summed E-state index contributed by atoms with van der Waals surface area (Å²) in [5.74, 6) is -0.314. The van der Waals surface area contributed by atoms with Crippen molar-refractivity contribution < 1.29 is 18.4 Å². The Morgan fingerprint density at radius 3 is 1.76 bits per heavy atom. The normalized spacial score (nSPS) is 11.5. The van der Waals surface area contributed by atoms with Crippen LogP contribution in [0.15, 0.2) is 12.7 Å². The first kappa shape index (κ1) is 24.3. The Balaban J connectivity index is 3.38. The molecular weight excluding hydrogens is 332 g/mol. The first-order chi connectivity index (χ1) is 12.1. The molecule has 0 aliphatic heterocycles. The van der Waals surface area contributed by atoms with Gasteiger partial charge in [0.25, 0.3) is 0 Å². The molecule has 148 valence electrons. The molecule has 0 saturated heterocycles. The third-order valence-electron chi connectivity index (χ3n) is 4.74. The van der Waals surface area contributed by atoms with E-state index in [1.165, 1.54) is 57.4 Å². The van der Waals surface area contributed by atoms with Crippen molar-refractivity contribution in [2.45, 2.75) is 89.6 Å². The summed E-state index contributed by atoms with van der Waals surface area (Å²) in [5, 5.41) is 0. The topological polar surface area (TPSA) is 44.8 Å². The Morgan fingerprint density at radius 1 is 0.840 bits per heavy atom. The molecule has 4 nitrogen and oxygen atoms in total. The highest BCUT2D eigenvalue weighted by atomic mass is 28.4. The van der Waals surface area contributed by atoms with Crippen LogP contribution in [0.25, 0.3) is 0 Å². The maximum atomic E-state index is 10.9. The number of esters is 1. The first-order valence-corrected chi connectivity index (χ1v) is 12.3. The molecule has 0 aliphatic rings. The summed E-state index contributed by atoms with van der Waals surface area (Å²) in [6.07, 6.45) is 14.8. The van der Waals surface area contributed by atoms with Gasteiger partial charge in [-0.1, -0.05) is 77.7 Å². The van der Waals surface area contributed by atoms with Gasteiger partial charge < -0.3 is 13.6 Å². The lowest BCUT2D eigenvalue weighted by Crippen LogP contribution is -2.39. The Morgan fingerprint density at radius 2 is 1.32 bits per heavy atom. The van der Waals surface area contributed by atoms with E-state index in [1.807, 2.05) is 14.2 Å². The number of ether oxygens (including phenoxy) is 1. The van der Waals surface area contributed by atoms with E-state index in [9.17, 15) is 4.79 Å². The van der Waals surface area contributed by atoms with Gasteiger partial charge in [-0.3, -0.25) is 0 Å². The van der Waals surface area contributed by atoms with Gasteiger partial charge in [-0.2, -0.15) is 0 Å². The fraction of sp³-hybridized carbons (Fsp3) is 0.850. The highest BCUT2D eigenvalue weighted by molar-refractivity contribution is 6.67. The van der Waals surface area contributed by atoms with Crippen molar-refractivity contribution in [2.24, 2.45) is 0 Å². The van der Waals surface area contributed by atoms with Crippen molar-refractivity contribution in [2.75, 3.05) is 20.8 Å². The summed E-state index contributed by atoms with van der Waals surface area (Å²) in [7, 11) is 1.74. The Hall–Kier alpha value is -0.653. The molecule has 0 aromatic carbocycles. The van der Waals surface area contributed by atoms with Gasteiger partial charge in [0.15, 0.2) is 0 Å². The molecule has 0 heterocycles. The molecule has 0 N–H and O–H groups in total. The summed E-state index contributed by atoms with van der Waals surface area (Å²) < 4.78 is 16.4. The second kappa shape index (κ2) is 16.8. The van der Waals surface area contributed by atoms with Gasteiger partial charge in [-0.15, -0.1) is 0 Å². The summed E-state index contributed by atoms with van der Waals surface area (Å²) in [5.41, 5.74) is 0. The molecule has 5 heteroatoms. The van der Waals surface area contributed by atoms with Crippen LogP contribution < -0.4 is 0 Å². The highest BCUT2D eigenvalue weighted by Crippen LogP contribution is 2.23. The zero-order valence-electron chi connectivity index (χ0n) is 16.8. The SMILES string of the molecule is C=CC(=O)OCCCCCCCCCCCC[Si](CCC)(OC)OC. The number of hydrogen-bond acceptors (Lipinski definition) is 4. The van der Waals surface area contributed by atoms with Gasteiger partial charge in [-0.25, -0.2) is 4.79 Å². The highest BCUT2D eigenvalue weighted by Gasteiger charge is 2.33. The molecule has 0 saturated carbocycles. The van der Waals surface area contributed by atoms with E-state index in [0.29, 0.717) is 6.61 Å². The number of carbonyl (C=O) groups excluding carboxylic acids is 1. The summed E-state index contributed by atoms with van der Waals surface area (Å²) >= 11 is 0. The Kier molecular flexibility index (Phi) is 16.4. The molecule has 0 spiro atoms. The molecule has 0 bridgehead atoms. The van der Waals surface area contributed by atoms with Crippen molar-refractivity contribution in [1.82, 2.24) is 0 Å². The quantitative estimate of drug-likeness (QED) is 0.133. The standard InChI is InChI=1S/C20H40O4Si/c1-5-18-25(22-3,23-4)19-16-14-12-10-8-7-9-11-13-15-17-24-20(21)6-2/h6H,2,5,7-19H2,1,3-4H3. The minimum atomic E-state index is -1.89. The maximum Gasteiger partial charge on any atom is 0.337 e. The zero-order chi connectivity index (χ0) is 18.8. The molecule has 25 heavy (non-hydrogen) atoms. The van der Waals surface area contributed by atoms with Crippen LogP contribution in [-0.2, 0) is 18.4 Å². The van der Waals surface area contributed by atoms with Gasteiger partial charge in [0, 0.05) is 20.3 Å². The number of carbonyl (C=O) groups is 1. The van der Waals surface area contributed by atoms with Crippen molar-refractivity contribution in [3.63, 3.8) is 0 Å². The average molecular weight is 373 g/mol. The lowest BCUT2D eigenvalue weighted by atomic mass is 10.1. The van der Waals surface area contributed by atoms with Gasteiger partial charge in [0.1, 0.15) is 0 Å². The lowest BCUT2D eigenvalue weighted by Gasteiger charge is -2.27. The fourth-order valence-electron chi connectivity index (χ4n) is 3.14. The molecule has 0 aromatic rings. The zero-order valence-corrected chi connectivity index (χ0v) is 17.8. The third-order valence-corrected chi connectivity index (χ3v) is 8.60. The number of unbranched alkanes of at least 4 members (excludes halogenated alkanes) is 9. The smallest absolute Gasteiger partial charge is 0.337 e. The van der Waals surface area contributed by atoms with Crippen molar-refractivity contribution in [3.05, 3.63) is 12.7 Å². The van der Waals surface area contributed by atoms with Crippen LogP contribution in [0.5, 0.6) is 0 Å². The van der Waals surface area contributed by atoms with E-state index in [0.717, 1.165) is 31.4 Å². The van der Waals surface area contributed by atoms with Crippen LogP contribution >= 0.6 is 0 Å². The van der Waals surface area contributed by atoms with Crippen molar-refractivity contribution in [1.29, 1.82) is 0 Å². The summed E-state index contributed by atoms with van der Waals surface area (Å²) in [4.78, 5) is 10.9. The van der Waals surface area contributed by atoms with Crippen molar-refractivity contribution >= 4 is 14.5 Å². The molecular formula is C20H40O4Si. The summed E-state index contributed by atoms with van der Waals surface area (Å²) in [6, 6.07) is 2.23. The van der Waals surface area contributed by atoms with Gasteiger partial charge in [0.2, 0.25) is 0 Å². The second-order valence-corrected chi connectivity index (χ2v) is 10.4. The minimum absolute atomic E-state index is 0.314. The van der Waals surface area contributed by atoms with Crippen LogP contribution in [0, 0.1) is 0 Å². The van der Waals surface area contributed by atoms with E-state index < -0.39 is 8.56 Å². The van der Waals surface area contributed by atoms with Crippen molar-refractivity contribution in [3.8, 4) is 0 Å². The number of rotatable bonds is 18. The van der Waals surface area contributed by atoms with Crippen LogP contribution in [0.4, 0.5) is 0 Å². The monoisotopic (exact) mass is 372 g/mol. The first-order valence-electron chi connectivity index (χ1n) is 10.0. The molecule has 0 atom stereocenters. The molecule has 0 radical (unpaired) electrons. The largest absolute Gasteiger partial charge is 0.463 e. The van der Waals surface area contributed by atoms with E-state index in [1.54, 1.807) is 0 Å². The lowest BCUT2D eigenvalue weighted by molar-refractivity contribution is -0.137. The third kappa shape index (κ3) is 13.2. The minimum Gasteiger partial charge on any atom is -0.463 e. The van der Waals surface area contributed by atoms with Gasteiger partial charge in [-0.05, 0) is 18.5 Å². The van der Waals surface area contributed by atoms with Crippen LogP contribution in [-0.4, -0.2) is 35.4 Å². The second-order valence-electron chi connectivity index (χ2n) is 6.73. The Labute approximate surface area is 156 Å². The summed E-state index contributed by atoms with van der Waals surface area (Å²) in [6.45, 7) is 6.11. The molecule has 0 rings (SSSR count). The van der Waals surface area contributed by atoms with Gasteiger partial charge >= 0.3 is 14.5 Å². The Bertz CT molecular complexity index is 330. The van der Waals surface area contributed by atoms with Crippen LogP contribution in [0.1, 0.15) is 77.6 Å². The van der Waals surface area contributed by atoms with Gasteiger partial charge in [0.05, 0.1) is 6.61 Å². The number of hydrogen-bond donors (Lipinski definition) is 0. The fourth-order valence-corrected chi connectivity index (χ4v) is 5.92. The average Bonchev–Trinajstić information content (AvgIpc) is 2.64. The predicted octanol–water partition coefficient (Wildman–Crippen LogP) is 5.76. The van der Waals surface area contributed by atoms with Crippen LogP contribution in [0.3, 0.4) is 0 Å². The molecule has 0 aromatic heterocycles. The van der Waals surface area contributed by atoms with E-state index >= 15 is 0 Å². The maximum absolute atomic E-state index is 10.9. The van der Waals surface area contributed by atoms with E-state index in [2.05, 4.69) is 13.5 Å². The molecule has 0 amide bonds. The molecule has 0 fully saturated rings. The van der Waals surface area contributed by atoms with E-state index in [4.69, 9.17) is 13.6 Å². The molecule has 0 unspecified atom stereocenters. The predicted molar refractivity (Wildman–Crippen MR) is 107 cm³/mol. The van der Waals surface area contributed by atoms with E-state index in [-0.39, 0.29) is 5.97 Å². The molecule has 0 aliphatic carbocycles.